The molecule has 2 N–H and O–H groups in total. The number of ether oxygens (including phenoxy) is 1. The summed E-state index contributed by atoms with van der Waals surface area (Å²) in [6.07, 6.45) is 0.929. The van der Waals surface area contributed by atoms with Gasteiger partial charge < -0.3 is 14.9 Å². The highest BCUT2D eigenvalue weighted by Gasteiger charge is 2.38. The van der Waals surface area contributed by atoms with Crippen LogP contribution in [0.1, 0.15) is 13.3 Å². The first-order valence-corrected chi connectivity index (χ1v) is 5.20. The quantitative estimate of drug-likeness (QED) is 0.666. The lowest BCUT2D eigenvalue weighted by Gasteiger charge is -2.30. The van der Waals surface area contributed by atoms with Crippen molar-refractivity contribution in [3.8, 4) is 0 Å². The largest absolute Gasteiger partial charge is 0.480 e. The molecule has 5 nitrogen and oxygen atoms in total. The Hall–Kier alpha value is -0.650. The molecule has 1 heterocycles. The molecule has 0 aromatic heterocycles. The molecule has 0 radical (unpaired) electrons. The van der Waals surface area contributed by atoms with Gasteiger partial charge in [-0.1, -0.05) is 6.92 Å². The number of aliphatic carboxylic acids is 1. The van der Waals surface area contributed by atoms with Gasteiger partial charge in [0.1, 0.15) is 6.04 Å². The lowest BCUT2D eigenvalue weighted by Crippen LogP contribution is -2.49. The van der Waals surface area contributed by atoms with Gasteiger partial charge >= 0.3 is 5.97 Å². The van der Waals surface area contributed by atoms with E-state index in [0.717, 1.165) is 6.42 Å². The Morgan fingerprint density at radius 2 is 2.33 bits per heavy atom. The number of carbonyl (C=O) groups is 1. The molecule has 1 fully saturated rings. The van der Waals surface area contributed by atoms with Crippen molar-refractivity contribution in [2.75, 3.05) is 26.9 Å². The number of likely N-dealkylation sites (tertiary alicyclic amines) is 1. The third kappa shape index (κ3) is 2.68. The first-order chi connectivity index (χ1) is 7.11. The molecule has 0 spiro atoms. The minimum absolute atomic E-state index is 0.00859. The number of carboxylic acid groups (broad SMARTS) is 1. The SMILES string of the molecule is COCC(C(=O)O)N1CCC(C)C1CO. The van der Waals surface area contributed by atoms with Crippen LogP contribution in [0.3, 0.4) is 0 Å². The number of methoxy groups -OCH3 is 1. The summed E-state index contributed by atoms with van der Waals surface area (Å²) in [5.74, 6) is -0.543. The van der Waals surface area contributed by atoms with Crippen molar-refractivity contribution in [3.63, 3.8) is 0 Å². The molecule has 1 aliphatic rings. The summed E-state index contributed by atoms with van der Waals surface area (Å²) in [7, 11) is 1.49. The van der Waals surface area contributed by atoms with E-state index >= 15 is 0 Å². The molecule has 1 saturated heterocycles. The second-order valence-corrected chi connectivity index (χ2v) is 4.06. The van der Waals surface area contributed by atoms with Gasteiger partial charge in [-0.2, -0.15) is 0 Å². The summed E-state index contributed by atoms with van der Waals surface area (Å²) in [5, 5.41) is 18.3. The van der Waals surface area contributed by atoms with Gasteiger partial charge in [0, 0.05) is 13.2 Å². The zero-order chi connectivity index (χ0) is 11.4. The molecular weight excluding hydrogens is 198 g/mol. The normalized spacial score (nSPS) is 29.3. The fourth-order valence-corrected chi connectivity index (χ4v) is 2.18. The Labute approximate surface area is 89.6 Å². The molecule has 0 aliphatic carbocycles. The molecule has 0 amide bonds. The fourth-order valence-electron chi connectivity index (χ4n) is 2.18. The van der Waals surface area contributed by atoms with Gasteiger partial charge in [0.2, 0.25) is 0 Å². The Balaban J connectivity index is 2.70. The first-order valence-electron chi connectivity index (χ1n) is 5.20. The molecule has 5 heteroatoms. The van der Waals surface area contributed by atoms with Gasteiger partial charge in [0.25, 0.3) is 0 Å². The molecule has 0 saturated carbocycles. The van der Waals surface area contributed by atoms with Crippen molar-refractivity contribution in [1.82, 2.24) is 4.90 Å². The van der Waals surface area contributed by atoms with Gasteiger partial charge in [0.05, 0.1) is 13.2 Å². The molecular formula is C10H19NO4. The van der Waals surface area contributed by atoms with E-state index in [2.05, 4.69) is 0 Å². The highest BCUT2D eigenvalue weighted by molar-refractivity contribution is 5.73. The summed E-state index contributed by atoms with van der Waals surface area (Å²) in [6, 6.07) is -0.696. The van der Waals surface area contributed by atoms with E-state index < -0.39 is 12.0 Å². The molecule has 0 aromatic carbocycles. The fraction of sp³-hybridized carbons (Fsp3) is 0.900. The Bertz CT molecular complexity index is 221. The van der Waals surface area contributed by atoms with Crippen molar-refractivity contribution in [3.05, 3.63) is 0 Å². The maximum Gasteiger partial charge on any atom is 0.323 e. The zero-order valence-electron chi connectivity index (χ0n) is 9.22. The molecule has 15 heavy (non-hydrogen) atoms. The van der Waals surface area contributed by atoms with E-state index in [1.54, 1.807) is 0 Å². The topological polar surface area (TPSA) is 70.0 Å². The average molecular weight is 217 g/mol. The average Bonchev–Trinajstić information content (AvgIpc) is 2.55. The molecule has 3 atom stereocenters. The molecule has 0 bridgehead atoms. The second kappa shape index (κ2) is 5.44. The van der Waals surface area contributed by atoms with Gasteiger partial charge in [-0.15, -0.1) is 0 Å². The predicted molar refractivity (Wildman–Crippen MR) is 54.7 cm³/mol. The minimum Gasteiger partial charge on any atom is -0.480 e. The highest BCUT2D eigenvalue weighted by atomic mass is 16.5. The number of aliphatic hydroxyl groups is 1. The van der Waals surface area contributed by atoms with Crippen LogP contribution in [-0.4, -0.2) is 60.0 Å². The first kappa shape index (κ1) is 12.4. The van der Waals surface area contributed by atoms with E-state index in [9.17, 15) is 9.90 Å². The Morgan fingerprint density at radius 1 is 1.67 bits per heavy atom. The van der Waals surface area contributed by atoms with E-state index in [-0.39, 0.29) is 19.3 Å². The van der Waals surface area contributed by atoms with E-state index in [0.29, 0.717) is 12.5 Å². The summed E-state index contributed by atoms with van der Waals surface area (Å²) in [6.45, 7) is 2.92. The van der Waals surface area contributed by atoms with E-state index in [1.165, 1.54) is 7.11 Å². The van der Waals surface area contributed by atoms with Crippen LogP contribution in [0.4, 0.5) is 0 Å². The van der Waals surface area contributed by atoms with Crippen LogP contribution < -0.4 is 0 Å². The number of aliphatic hydroxyl groups excluding tert-OH is 1. The van der Waals surface area contributed by atoms with Crippen LogP contribution in [0.5, 0.6) is 0 Å². The van der Waals surface area contributed by atoms with Crippen LogP contribution in [0.15, 0.2) is 0 Å². The van der Waals surface area contributed by atoms with Gasteiger partial charge in [-0.3, -0.25) is 9.69 Å². The van der Waals surface area contributed by atoms with Crippen molar-refractivity contribution < 1.29 is 19.7 Å². The van der Waals surface area contributed by atoms with Crippen LogP contribution in [0.25, 0.3) is 0 Å². The zero-order valence-corrected chi connectivity index (χ0v) is 9.22. The van der Waals surface area contributed by atoms with Crippen molar-refractivity contribution in [1.29, 1.82) is 0 Å². The van der Waals surface area contributed by atoms with Gasteiger partial charge in [-0.05, 0) is 18.9 Å². The second-order valence-electron chi connectivity index (χ2n) is 4.06. The van der Waals surface area contributed by atoms with Crippen molar-refractivity contribution >= 4 is 5.97 Å². The third-order valence-corrected chi connectivity index (χ3v) is 3.12. The monoisotopic (exact) mass is 217 g/mol. The number of carboxylic acids is 1. The number of nitrogens with zero attached hydrogens (tertiary/aromatic N) is 1. The predicted octanol–water partition coefficient (Wildman–Crippen LogP) is -0.211. The van der Waals surface area contributed by atoms with Crippen LogP contribution in [-0.2, 0) is 9.53 Å². The lowest BCUT2D eigenvalue weighted by atomic mass is 10.0. The number of hydrogen-bond acceptors (Lipinski definition) is 4. The minimum atomic E-state index is -0.885. The van der Waals surface area contributed by atoms with Crippen LogP contribution >= 0.6 is 0 Å². The third-order valence-electron chi connectivity index (χ3n) is 3.12. The van der Waals surface area contributed by atoms with E-state index in [4.69, 9.17) is 9.84 Å². The molecule has 1 aliphatic heterocycles. The summed E-state index contributed by atoms with van der Waals surface area (Å²) >= 11 is 0. The summed E-state index contributed by atoms with van der Waals surface area (Å²) in [4.78, 5) is 12.9. The van der Waals surface area contributed by atoms with Crippen LogP contribution in [0, 0.1) is 5.92 Å². The van der Waals surface area contributed by atoms with Gasteiger partial charge in [-0.25, -0.2) is 0 Å². The van der Waals surface area contributed by atoms with Crippen molar-refractivity contribution in [2.45, 2.75) is 25.4 Å². The number of rotatable bonds is 5. The smallest absolute Gasteiger partial charge is 0.323 e. The van der Waals surface area contributed by atoms with Gasteiger partial charge in [0.15, 0.2) is 0 Å². The lowest BCUT2D eigenvalue weighted by molar-refractivity contribution is -0.146. The Kier molecular flexibility index (Phi) is 4.50. The Morgan fingerprint density at radius 3 is 2.80 bits per heavy atom. The number of hydrogen-bond donors (Lipinski definition) is 2. The molecule has 1 rings (SSSR count). The molecule has 88 valence electrons. The highest BCUT2D eigenvalue weighted by Crippen LogP contribution is 2.25. The summed E-state index contributed by atoms with van der Waals surface area (Å²) < 4.78 is 4.90. The maximum absolute atomic E-state index is 11.0. The maximum atomic E-state index is 11.0. The molecule has 0 aromatic rings. The van der Waals surface area contributed by atoms with Crippen molar-refractivity contribution in [2.24, 2.45) is 5.92 Å². The molecule has 3 unspecified atom stereocenters. The van der Waals surface area contributed by atoms with Crippen LogP contribution in [0.2, 0.25) is 0 Å². The standard InChI is InChI=1S/C10H19NO4/c1-7-3-4-11(8(7)5-12)9(6-15-2)10(13)14/h7-9,12H,3-6H2,1-2H3,(H,13,14). The summed E-state index contributed by atoms with van der Waals surface area (Å²) in [5.41, 5.74) is 0. The van der Waals surface area contributed by atoms with E-state index in [1.807, 2.05) is 11.8 Å².